The summed E-state index contributed by atoms with van der Waals surface area (Å²) in [7, 11) is 0. The van der Waals surface area contributed by atoms with Crippen LogP contribution in [-0.2, 0) is 4.74 Å². The standard InChI is InChI=1S/C16H20N2O2/c1-16(2,3)20-15(19)18-10-9-13(11-17)14(18)12-7-5-4-6-8-12/h4-8,13-14H,9-10H2,1-3H3/t13-,14-/m1/s1. The van der Waals surface area contributed by atoms with Crippen LogP contribution >= 0.6 is 0 Å². The first kappa shape index (κ1) is 14.4. The highest BCUT2D eigenvalue weighted by Gasteiger charge is 2.40. The molecule has 1 aromatic carbocycles. The molecule has 2 rings (SSSR count). The van der Waals surface area contributed by atoms with Crippen LogP contribution < -0.4 is 0 Å². The van der Waals surface area contributed by atoms with E-state index in [1.54, 1.807) is 4.90 Å². The second-order valence-electron chi connectivity index (χ2n) is 6.05. The number of benzene rings is 1. The Kier molecular flexibility index (Phi) is 3.99. The summed E-state index contributed by atoms with van der Waals surface area (Å²) >= 11 is 0. The van der Waals surface area contributed by atoms with Gasteiger partial charge < -0.3 is 4.74 Å². The molecule has 0 radical (unpaired) electrons. The van der Waals surface area contributed by atoms with Crippen LogP contribution in [0.3, 0.4) is 0 Å². The van der Waals surface area contributed by atoms with Crippen LogP contribution in [0.2, 0.25) is 0 Å². The number of carbonyl (C=O) groups is 1. The molecule has 4 heteroatoms. The molecule has 2 atom stereocenters. The van der Waals surface area contributed by atoms with Crippen molar-refractivity contribution in [2.45, 2.75) is 38.8 Å². The molecule has 0 aliphatic carbocycles. The zero-order valence-corrected chi connectivity index (χ0v) is 12.2. The lowest BCUT2D eigenvalue weighted by atomic mass is 9.95. The number of nitriles is 1. The first-order valence-corrected chi connectivity index (χ1v) is 6.86. The number of rotatable bonds is 1. The summed E-state index contributed by atoms with van der Waals surface area (Å²) in [6.45, 7) is 6.10. The SMILES string of the molecule is CC(C)(C)OC(=O)N1CC[C@H](C#N)[C@H]1c1ccccc1. The Bertz CT molecular complexity index is 514. The van der Waals surface area contributed by atoms with Crippen LogP contribution in [0, 0.1) is 17.2 Å². The van der Waals surface area contributed by atoms with E-state index >= 15 is 0 Å². The number of nitrogens with zero attached hydrogens (tertiary/aromatic N) is 2. The van der Waals surface area contributed by atoms with Crippen molar-refractivity contribution in [3.8, 4) is 6.07 Å². The van der Waals surface area contributed by atoms with Crippen LogP contribution in [0.1, 0.15) is 38.8 Å². The molecule has 0 N–H and O–H groups in total. The van der Waals surface area contributed by atoms with Gasteiger partial charge in [0.15, 0.2) is 0 Å². The van der Waals surface area contributed by atoms with Crippen molar-refractivity contribution >= 4 is 6.09 Å². The molecule has 0 bridgehead atoms. The lowest BCUT2D eigenvalue weighted by molar-refractivity contribution is 0.0214. The largest absolute Gasteiger partial charge is 0.444 e. The minimum Gasteiger partial charge on any atom is -0.444 e. The molecule has 0 unspecified atom stereocenters. The molecule has 1 amide bonds. The predicted octanol–water partition coefficient (Wildman–Crippen LogP) is 3.51. The molecule has 1 fully saturated rings. The molecule has 1 aliphatic rings. The van der Waals surface area contributed by atoms with E-state index in [-0.39, 0.29) is 18.1 Å². The number of ether oxygens (including phenoxy) is 1. The Labute approximate surface area is 120 Å². The summed E-state index contributed by atoms with van der Waals surface area (Å²) in [6, 6.07) is 11.8. The summed E-state index contributed by atoms with van der Waals surface area (Å²) in [4.78, 5) is 14.0. The first-order valence-electron chi connectivity index (χ1n) is 6.86. The van der Waals surface area contributed by atoms with Crippen molar-refractivity contribution in [2.75, 3.05) is 6.54 Å². The fourth-order valence-corrected chi connectivity index (χ4v) is 2.52. The highest BCUT2D eigenvalue weighted by atomic mass is 16.6. The van der Waals surface area contributed by atoms with E-state index < -0.39 is 5.60 Å². The van der Waals surface area contributed by atoms with Crippen molar-refractivity contribution in [1.29, 1.82) is 5.26 Å². The van der Waals surface area contributed by atoms with Crippen LogP contribution in [0.25, 0.3) is 0 Å². The zero-order valence-electron chi connectivity index (χ0n) is 12.2. The second-order valence-corrected chi connectivity index (χ2v) is 6.05. The molecule has 1 heterocycles. The van der Waals surface area contributed by atoms with Gasteiger partial charge in [-0.2, -0.15) is 5.26 Å². The lowest BCUT2D eigenvalue weighted by Gasteiger charge is -2.29. The third kappa shape index (κ3) is 3.11. The van der Waals surface area contributed by atoms with Crippen LogP contribution in [0.15, 0.2) is 30.3 Å². The minimum absolute atomic E-state index is 0.176. The molecule has 0 aromatic heterocycles. The maximum atomic E-state index is 12.3. The van der Waals surface area contributed by atoms with Gasteiger partial charge in [0.05, 0.1) is 18.0 Å². The topological polar surface area (TPSA) is 53.3 Å². The minimum atomic E-state index is -0.525. The van der Waals surface area contributed by atoms with E-state index in [4.69, 9.17) is 4.74 Å². The van der Waals surface area contributed by atoms with E-state index in [0.717, 1.165) is 5.56 Å². The maximum Gasteiger partial charge on any atom is 0.410 e. The van der Waals surface area contributed by atoms with Gasteiger partial charge in [0, 0.05) is 6.54 Å². The third-order valence-corrected chi connectivity index (χ3v) is 3.33. The van der Waals surface area contributed by atoms with Gasteiger partial charge in [-0.1, -0.05) is 30.3 Å². The van der Waals surface area contributed by atoms with Crippen molar-refractivity contribution < 1.29 is 9.53 Å². The smallest absolute Gasteiger partial charge is 0.410 e. The average molecular weight is 272 g/mol. The van der Waals surface area contributed by atoms with E-state index in [1.165, 1.54) is 0 Å². The Morgan fingerprint density at radius 3 is 2.55 bits per heavy atom. The van der Waals surface area contributed by atoms with Crippen molar-refractivity contribution in [3.63, 3.8) is 0 Å². The molecule has 1 aliphatic heterocycles. The van der Waals surface area contributed by atoms with Crippen molar-refractivity contribution in [3.05, 3.63) is 35.9 Å². The van der Waals surface area contributed by atoms with Crippen LogP contribution in [0.5, 0.6) is 0 Å². The van der Waals surface area contributed by atoms with Crippen LogP contribution in [-0.4, -0.2) is 23.1 Å². The Balaban J connectivity index is 2.25. The van der Waals surface area contributed by atoms with E-state index in [0.29, 0.717) is 13.0 Å². The molecule has 0 spiro atoms. The Hall–Kier alpha value is -2.02. The van der Waals surface area contributed by atoms with Gasteiger partial charge in [-0.15, -0.1) is 0 Å². The van der Waals surface area contributed by atoms with E-state index in [2.05, 4.69) is 6.07 Å². The molecule has 0 saturated carbocycles. The number of amides is 1. The second kappa shape index (κ2) is 5.54. The lowest BCUT2D eigenvalue weighted by Crippen LogP contribution is -2.37. The fourth-order valence-electron chi connectivity index (χ4n) is 2.52. The quantitative estimate of drug-likeness (QED) is 0.786. The highest BCUT2D eigenvalue weighted by Crippen LogP contribution is 2.37. The van der Waals surface area contributed by atoms with Gasteiger partial charge in [0.2, 0.25) is 0 Å². The monoisotopic (exact) mass is 272 g/mol. The van der Waals surface area contributed by atoms with Gasteiger partial charge >= 0.3 is 6.09 Å². The van der Waals surface area contributed by atoms with E-state index in [1.807, 2.05) is 51.1 Å². The summed E-state index contributed by atoms with van der Waals surface area (Å²) in [6.07, 6.45) is 0.346. The van der Waals surface area contributed by atoms with Gasteiger partial charge in [0.1, 0.15) is 5.60 Å². The maximum absolute atomic E-state index is 12.3. The van der Waals surface area contributed by atoms with Crippen molar-refractivity contribution in [2.24, 2.45) is 5.92 Å². The normalized spacial score (nSPS) is 22.4. The number of hydrogen-bond donors (Lipinski definition) is 0. The third-order valence-electron chi connectivity index (χ3n) is 3.33. The molecule has 20 heavy (non-hydrogen) atoms. The number of likely N-dealkylation sites (tertiary alicyclic amines) is 1. The highest BCUT2D eigenvalue weighted by molar-refractivity contribution is 5.69. The van der Waals surface area contributed by atoms with Gasteiger partial charge in [-0.25, -0.2) is 4.79 Å². The van der Waals surface area contributed by atoms with Gasteiger partial charge in [0.25, 0.3) is 0 Å². The average Bonchev–Trinajstić information content (AvgIpc) is 2.81. The molecule has 106 valence electrons. The molecule has 4 nitrogen and oxygen atoms in total. The zero-order chi connectivity index (χ0) is 14.8. The predicted molar refractivity (Wildman–Crippen MR) is 75.8 cm³/mol. The molecular formula is C16H20N2O2. The summed E-state index contributed by atoms with van der Waals surface area (Å²) in [5, 5.41) is 9.30. The van der Waals surface area contributed by atoms with Gasteiger partial charge in [-0.05, 0) is 32.8 Å². The summed E-state index contributed by atoms with van der Waals surface area (Å²) < 4.78 is 5.44. The number of hydrogen-bond acceptors (Lipinski definition) is 3. The van der Waals surface area contributed by atoms with Crippen molar-refractivity contribution in [1.82, 2.24) is 4.90 Å². The van der Waals surface area contributed by atoms with E-state index in [9.17, 15) is 10.1 Å². The number of carbonyl (C=O) groups excluding carboxylic acids is 1. The molecule has 1 aromatic rings. The summed E-state index contributed by atoms with van der Waals surface area (Å²) in [5.74, 6) is -0.176. The first-order chi connectivity index (χ1) is 9.42. The molecule has 1 saturated heterocycles. The molecular weight excluding hydrogens is 252 g/mol. The van der Waals surface area contributed by atoms with Crippen LogP contribution in [0.4, 0.5) is 4.79 Å². The summed E-state index contributed by atoms with van der Waals surface area (Å²) in [5.41, 5.74) is 0.464. The Morgan fingerprint density at radius 2 is 2.00 bits per heavy atom. The van der Waals surface area contributed by atoms with Gasteiger partial charge in [-0.3, -0.25) is 4.90 Å². The Morgan fingerprint density at radius 1 is 1.35 bits per heavy atom. The fraction of sp³-hybridized carbons (Fsp3) is 0.500.